The monoisotopic (exact) mass is 718 g/mol. The zero-order valence-corrected chi connectivity index (χ0v) is 25.9. The molecule has 4 rings (SSSR count). The van der Waals surface area contributed by atoms with Crippen LogP contribution in [0, 0.1) is 3.57 Å². The minimum atomic E-state index is -0.806. The van der Waals surface area contributed by atoms with Crippen molar-refractivity contribution in [1.82, 2.24) is 5.32 Å². The van der Waals surface area contributed by atoms with E-state index in [1.54, 1.807) is 36.4 Å². The molecular formula is C30H28BrIN2O6. The van der Waals surface area contributed by atoms with Gasteiger partial charge in [0.25, 0.3) is 11.8 Å². The van der Waals surface area contributed by atoms with Crippen molar-refractivity contribution in [2.75, 3.05) is 25.2 Å². The van der Waals surface area contributed by atoms with E-state index in [1.165, 1.54) is 18.7 Å². The molecule has 1 aliphatic heterocycles. The van der Waals surface area contributed by atoms with Crippen LogP contribution in [-0.2, 0) is 9.59 Å². The number of amides is 4. The Morgan fingerprint density at radius 3 is 2.33 bits per heavy atom. The first-order valence-corrected chi connectivity index (χ1v) is 14.5. The number of nitrogens with one attached hydrogen (secondary N) is 1. The topological polar surface area (TPSA) is 94.2 Å². The van der Waals surface area contributed by atoms with E-state index in [1.807, 2.05) is 12.1 Å². The second-order valence-corrected chi connectivity index (χ2v) is 11.1. The molecule has 1 saturated heterocycles. The standard InChI is InChI=1S/C30H28BrIN2O6/c1-4-18(2)20-5-11-23(12-6-20)39-13-14-40-27-25(32)16-19(17-26(27)38-3)15-24-28(35)33-30(37)34(29(24)36)22-9-7-21(31)8-10-22/h5-12,15-18H,4,13-14H2,1-3H3,(H,33,35,37)/b24-15-/t18-/m0/s1. The average Bonchev–Trinajstić information content (AvgIpc) is 2.94. The molecule has 8 nitrogen and oxygen atoms in total. The number of rotatable bonds is 10. The summed E-state index contributed by atoms with van der Waals surface area (Å²) in [6.07, 6.45) is 2.51. The Kier molecular flexibility index (Phi) is 9.85. The van der Waals surface area contributed by atoms with Crippen molar-refractivity contribution in [2.24, 2.45) is 0 Å². The number of halogens is 2. The molecule has 0 aromatic heterocycles. The Morgan fingerprint density at radius 1 is 1.00 bits per heavy atom. The summed E-state index contributed by atoms with van der Waals surface area (Å²) in [5, 5.41) is 2.23. The van der Waals surface area contributed by atoms with Gasteiger partial charge in [-0.05, 0) is 101 Å². The van der Waals surface area contributed by atoms with E-state index in [4.69, 9.17) is 14.2 Å². The third-order valence-electron chi connectivity index (χ3n) is 6.41. The molecule has 1 fully saturated rings. The molecule has 0 saturated carbocycles. The number of urea groups is 1. The Hall–Kier alpha value is -3.38. The van der Waals surface area contributed by atoms with E-state index in [2.05, 4.69) is 69.8 Å². The molecule has 1 atom stereocenters. The van der Waals surface area contributed by atoms with Gasteiger partial charge >= 0.3 is 6.03 Å². The second-order valence-electron chi connectivity index (χ2n) is 9.04. The summed E-state index contributed by atoms with van der Waals surface area (Å²) in [6.45, 7) is 4.98. The number of hydrogen-bond donors (Lipinski definition) is 1. The van der Waals surface area contributed by atoms with E-state index in [0.29, 0.717) is 38.8 Å². The summed E-state index contributed by atoms with van der Waals surface area (Å²) < 4.78 is 18.8. The molecule has 3 aromatic rings. The zero-order valence-electron chi connectivity index (χ0n) is 22.2. The molecule has 4 amide bonds. The molecule has 0 spiro atoms. The van der Waals surface area contributed by atoms with Crippen LogP contribution in [0.25, 0.3) is 6.08 Å². The van der Waals surface area contributed by atoms with Crippen molar-refractivity contribution in [1.29, 1.82) is 0 Å². The first-order chi connectivity index (χ1) is 19.2. The minimum Gasteiger partial charge on any atom is -0.493 e. The average molecular weight is 719 g/mol. The van der Waals surface area contributed by atoms with Gasteiger partial charge in [-0.2, -0.15) is 0 Å². The summed E-state index contributed by atoms with van der Waals surface area (Å²) in [4.78, 5) is 39.2. The van der Waals surface area contributed by atoms with E-state index < -0.39 is 17.8 Å². The third-order valence-corrected chi connectivity index (χ3v) is 7.74. The summed E-state index contributed by atoms with van der Waals surface area (Å²) in [5.74, 6) is 0.731. The van der Waals surface area contributed by atoms with Gasteiger partial charge in [0.2, 0.25) is 0 Å². The number of anilines is 1. The van der Waals surface area contributed by atoms with Crippen LogP contribution in [0.5, 0.6) is 17.2 Å². The smallest absolute Gasteiger partial charge is 0.335 e. The number of imide groups is 2. The highest BCUT2D eigenvalue weighted by atomic mass is 127. The highest BCUT2D eigenvalue weighted by molar-refractivity contribution is 14.1. The van der Waals surface area contributed by atoms with E-state index in [-0.39, 0.29) is 12.2 Å². The van der Waals surface area contributed by atoms with Gasteiger partial charge in [-0.3, -0.25) is 14.9 Å². The Labute approximate surface area is 254 Å². The number of benzene rings is 3. The van der Waals surface area contributed by atoms with Crippen molar-refractivity contribution >= 4 is 68.1 Å². The minimum absolute atomic E-state index is 0.179. The highest BCUT2D eigenvalue weighted by Gasteiger charge is 2.36. The second kappa shape index (κ2) is 13.3. The summed E-state index contributed by atoms with van der Waals surface area (Å²) in [6, 6.07) is 17.3. The van der Waals surface area contributed by atoms with Crippen LogP contribution >= 0.6 is 38.5 Å². The predicted molar refractivity (Wildman–Crippen MR) is 165 cm³/mol. The van der Waals surface area contributed by atoms with Crippen molar-refractivity contribution in [3.8, 4) is 17.2 Å². The summed E-state index contributed by atoms with van der Waals surface area (Å²) >= 11 is 5.44. The van der Waals surface area contributed by atoms with Crippen molar-refractivity contribution in [3.05, 3.63) is 85.4 Å². The fourth-order valence-electron chi connectivity index (χ4n) is 4.04. The van der Waals surface area contributed by atoms with Gasteiger partial charge in [-0.15, -0.1) is 0 Å². The van der Waals surface area contributed by atoms with Crippen LogP contribution < -0.4 is 24.4 Å². The van der Waals surface area contributed by atoms with E-state index >= 15 is 0 Å². The third kappa shape index (κ3) is 6.84. The van der Waals surface area contributed by atoms with Crippen molar-refractivity contribution in [2.45, 2.75) is 26.2 Å². The molecule has 0 bridgehead atoms. The predicted octanol–water partition coefficient (Wildman–Crippen LogP) is 6.70. The van der Waals surface area contributed by atoms with Gasteiger partial charge in [0, 0.05) is 4.47 Å². The molecule has 0 radical (unpaired) electrons. The van der Waals surface area contributed by atoms with Crippen molar-refractivity contribution < 1.29 is 28.6 Å². The zero-order chi connectivity index (χ0) is 28.8. The van der Waals surface area contributed by atoms with Crippen LogP contribution in [-0.4, -0.2) is 38.2 Å². The van der Waals surface area contributed by atoms with E-state index in [0.717, 1.165) is 21.5 Å². The maximum atomic E-state index is 13.2. The lowest BCUT2D eigenvalue weighted by atomic mass is 9.99. The first kappa shape index (κ1) is 29.6. The molecular weight excluding hydrogens is 691 g/mol. The van der Waals surface area contributed by atoms with Gasteiger partial charge in [0.15, 0.2) is 11.5 Å². The van der Waals surface area contributed by atoms with Gasteiger partial charge in [-0.1, -0.05) is 41.9 Å². The van der Waals surface area contributed by atoms with Crippen LogP contribution in [0.3, 0.4) is 0 Å². The SMILES string of the molecule is CC[C@H](C)c1ccc(OCCOc2c(I)cc(/C=C3/C(=O)NC(=O)N(c4ccc(Br)cc4)C3=O)cc2OC)cc1. The first-order valence-electron chi connectivity index (χ1n) is 12.6. The summed E-state index contributed by atoms with van der Waals surface area (Å²) in [7, 11) is 1.51. The van der Waals surface area contributed by atoms with E-state index in [9.17, 15) is 14.4 Å². The van der Waals surface area contributed by atoms with Gasteiger partial charge < -0.3 is 14.2 Å². The number of carbonyl (C=O) groups excluding carboxylic acids is 3. The quantitative estimate of drug-likeness (QED) is 0.109. The van der Waals surface area contributed by atoms with Crippen LogP contribution in [0.2, 0.25) is 0 Å². The molecule has 3 aromatic carbocycles. The molecule has 1 aliphatic rings. The molecule has 208 valence electrons. The normalized spacial score (nSPS) is 15.2. The van der Waals surface area contributed by atoms with Crippen LogP contribution in [0.1, 0.15) is 37.3 Å². The number of ether oxygens (including phenoxy) is 3. The molecule has 1 N–H and O–H groups in total. The van der Waals surface area contributed by atoms with Crippen molar-refractivity contribution in [3.63, 3.8) is 0 Å². The number of carbonyl (C=O) groups is 3. The summed E-state index contributed by atoms with van der Waals surface area (Å²) in [5.41, 5.74) is 1.98. The molecule has 1 heterocycles. The van der Waals surface area contributed by atoms with Crippen LogP contribution in [0.4, 0.5) is 10.5 Å². The largest absolute Gasteiger partial charge is 0.493 e. The Morgan fingerprint density at radius 2 is 1.68 bits per heavy atom. The lowest BCUT2D eigenvalue weighted by molar-refractivity contribution is -0.122. The highest BCUT2D eigenvalue weighted by Crippen LogP contribution is 2.35. The Balaban J connectivity index is 1.47. The fourth-order valence-corrected chi connectivity index (χ4v) is 5.09. The fraction of sp³-hybridized carbons (Fsp3) is 0.233. The number of barbiturate groups is 1. The Bertz CT molecular complexity index is 1440. The van der Waals surface area contributed by atoms with Gasteiger partial charge in [0.05, 0.1) is 16.4 Å². The van der Waals surface area contributed by atoms with Crippen LogP contribution in [0.15, 0.2) is 70.7 Å². The molecule has 40 heavy (non-hydrogen) atoms. The molecule has 0 unspecified atom stereocenters. The number of nitrogens with zero attached hydrogens (tertiary/aromatic N) is 1. The molecule has 10 heteroatoms. The maximum Gasteiger partial charge on any atom is 0.335 e. The number of hydrogen-bond acceptors (Lipinski definition) is 6. The van der Waals surface area contributed by atoms with Gasteiger partial charge in [0.1, 0.15) is 24.5 Å². The maximum absolute atomic E-state index is 13.2. The van der Waals surface area contributed by atoms with Gasteiger partial charge in [-0.25, -0.2) is 9.69 Å². The number of methoxy groups -OCH3 is 1. The molecule has 0 aliphatic carbocycles. The lowest BCUT2D eigenvalue weighted by Crippen LogP contribution is -2.54. The lowest BCUT2D eigenvalue weighted by Gasteiger charge is -2.26.